The smallest absolute Gasteiger partial charge is 0.228 e. The van der Waals surface area contributed by atoms with Gasteiger partial charge in [-0.2, -0.15) is 0 Å². The number of thiazole rings is 2. The predicted octanol–water partition coefficient (Wildman–Crippen LogP) is 2.44. The lowest BCUT2D eigenvalue weighted by molar-refractivity contribution is -0.120. The third-order valence-electron chi connectivity index (χ3n) is 3.14. The molecule has 130 valence electrons. The maximum Gasteiger partial charge on any atom is 0.228 e. The highest BCUT2D eigenvalue weighted by atomic mass is 32.1. The van der Waals surface area contributed by atoms with Crippen LogP contribution in [0.5, 0.6) is 0 Å². The van der Waals surface area contributed by atoms with Gasteiger partial charge in [0.1, 0.15) is 0 Å². The highest BCUT2D eigenvalue weighted by Gasteiger charge is 2.17. The molecule has 0 aromatic carbocycles. The van der Waals surface area contributed by atoms with Crippen LogP contribution in [0.3, 0.4) is 0 Å². The minimum Gasteiger partial charge on any atom is -0.392 e. The van der Waals surface area contributed by atoms with E-state index in [1.807, 2.05) is 13.8 Å². The number of aryl methyl sites for hydroxylation is 2. The zero-order valence-corrected chi connectivity index (χ0v) is 15.2. The Balaban J connectivity index is 1.75. The van der Waals surface area contributed by atoms with E-state index in [0.717, 1.165) is 22.6 Å². The van der Waals surface area contributed by atoms with Crippen molar-refractivity contribution in [2.45, 2.75) is 45.6 Å². The second-order valence-corrected chi connectivity index (χ2v) is 7.36. The van der Waals surface area contributed by atoms with Crippen molar-refractivity contribution in [3.8, 4) is 0 Å². The lowest BCUT2D eigenvalue weighted by atomic mass is 10.1. The van der Waals surface area contributed by atoms with Crippen molar-refractivity contribution in [2.24, 2.45) is 0 Å². The predicted molar refractivity (Wildman–Crippen MR) is 95.5 cm³/mol. The highest BCUT2D eigenvalue weighted by molar-refractivity contribution is 7.16. The molecule has 0 spiro atoms. The Labute approximate surface area is 148 Å². The van der Waals surface area contributed by atoms with Crippen molar-refractivity contribution >= 4 is 44.8 Å². The Hall–Kier alpha value is -1.84. The van der Waals surface area contributed by atoms with Gasteiger partial charge in [-0.3, -0.25) is 9.59 Å². The average molecular weight is 368 g/mol. The van der Waals surface area contributed by atoms with E-state index >= 15 is 0 Å². The number of aliphatic hydroxyl groups is 1. The summed E-state index contributed by atoms with van der Waals surface area (Å²) in [7, 11) is 0. The molecule has 2 aromatic rings. The summed E-state index contributed by atoms with van der Waals surface area (Å²) >= 11 is 2.80. The van der Waals surface area contributed by atoms with Gasteiger partial charge in [0.2, 0.25) is 11.8 Å². The average Bonchev–Trinajstić information content (AvgIpc) is 3.15. The first-order chi connectivity index (χ1) is 11.5. The van der Waals surface area contributed by atoms with Gasteiger partial charge >= 0.3 is 0 Å². The summed E-state index contributed by atoms with van der Waals surface area (Å²) in [5.74, 6) is -0.732. The Bertz CT molecular complexity index is 640. The fourth-order valence-electron chi connectivity index (χ4n) is 1.90. The van der Waals surface area contributed by atoms with Crippen LogP contribution in [0.1, 0.15) is 36.4 Å². The van der Waals surface area contributed by atoms with E-state index in [9.17, 15) is 14.7 Å². The first-order valence-corrected chi connectivity index (χ1v) is 9.30. The number of nitrogens with one attached hydrogen (secondary N) is 2. The van der Waals surface area contributed by atoms with Crippen LogP contribution in [0.15, 0.2) is 12.4 Å². The third kappa shape index (κ3) is 5.66. The van der Waals surface area contributed by atoms with Crippen LogP contribution in [0.4, 0.5) is 10.3 Å². The normalized spacial score (nSPS) is 10.8. The fraction of sp³-hybridized carbons (Fsp3) is 0.467. The number of amides is 2. The Kier molecular flexibility index (Phi) is 6.83. The van der Waals surface area contributed by atoms with Gasteiger partial charge in [0.25, 0.3) is 0 Å². The molecular formula is C15H20N4O3S2. The largest absolute Gasteiger partial charge is 0.392 e. The number of hydrogen-bond donors (Lipinski definition) is 3. The Morgan fingerprint density at radius 2 is 1.42 bits per heavy atom. The topological polar surface area (TPSA) is 104 Å². The van der Waals surface area contributed by atoms with Gasteiger partial charge in [-0.25, -0.2) is 9.97 Å². The van der Waals surface area contributed by atoms with E-state index in [0.29, 0.717) is 10.3 Å². The summed E-state index contributed by atoms with van der Waals surface area (Å²) in [5.41, 5.74) is 0. The van der Waals surface area contributed by atoms with Gasteiger partial charge in [0.15, 0.2) is 10.3 Å². The van der Waals surface area contributed by atoms with Crippen LogP contribution in [-0.2, 0) is 22.4 Å². The first kappa shape index (κ1) is 18.5. The van der Waals surface area contributed by atoms with Crippen molar-refractivity contribution in [2.75, 3.05) is 10.6 Å². The lowest BCUT2D eigenvalue weighted by Crippen LogP contribution is -2.24. The molecule has 3 N–H and O–H groups in total. The van der Waals surface area contributed by atoms with E-state index in [1.165, 1.54) is 22.7 Å². The quantitative estimate of drug-likeness (QED) is 0.664. The monoisotopic (exact) mass is 368 g/mol. The molecule has 0 saturated heterocycles. The zero-order chi connectivity index (χ0) is 17.5. The summed E-state index contributed by atoms with van der Waals surface area (Å²) in [6, 6.07) is 0. The van der Waals surface area contributed by atoms with Crippen LogP contribution >= 0.6 is 22.7 Å². The fourth-order valence-corrected chi connectivity index (χ4v) is 3.44. The van der Waals surface area contributed by atoms with Gasteiger partial charge in [-0.1, -0.05) is 13.8 Å². The molecule has 2 aromatic heterocycles. The summed E-state index contributed by atoms with van der Waals surface area (Å²) in [6.45, 7) is 4.01. The molecule has 9 heteroatoms. The number of carbonyl (C=O) groups excluding carboxylic acids is 2. The number of anilines is 2. The second-order valence-electron chi connectivity index (χ2n) is 5.13. The van der Waals surface area contributed by atoms with E-state index in [4.69, 9.17) is 0 Å². The van der Waals surface area contributed by atoms with Crippen LogP contribution in [0.25, 0.3) is 0 Å². The van der Waals surface area contributed by atoms with Gasteiger partial charge in [-0.05, 0) is 12.8 Å². The summed E-state index contributed by atoms with van der Waals surface area (Å²) in [5, 5.41) is 16.2. The van der Waals surface area contributed by atoms with Crippen molar-refractivity contribution in [3.05, 3.63) is 22.1 Å². The van der Waals surface area contributed by atoms with E-state index < -0.39 is 6.10 Å². The number of rotatable bonds is 8. The van der Waals surface area contributed by atoms with E-state index in [1.54, 1.807) is 12.4 Å². The summed E-state index contributed by atoms with van der Waals surface area (Å²) in [6.07, 6.45) is 3.76. The first-order valence-electron chi connectivity index (χ1n) is 7.67. The van der Waals surface area contributed by atoms with Crippen molar-refractivity contribution in [1.82, 2.24) is 9.97 Å². The molecule has 0 atom stereocenters. The molecule has 7 nitrogen and oxygen atoms in total. The number of aromatic nitrogens is 2. The molecule has 24 heavy (non-hydrogen) atoms. The van der Waals surface area contributed by atoms with E-state index in [-0.39, 0.29) is 24.7 Å². The number of hydrogen-bond acceptors (Lipinski definition) is 7. The van der Waals surface area contributed by atoms with E-state index in [2.05, 4.69) is 20.6 Å². The molecule has 2 rings (SSSR count). The molecule has 0 aliphatic heterocycles. The minimum absolute atomic E-state index is 0.160. The molecule has 0 fully saturated rings. The third-order valence-corrected chi connectivity index (χ3v) is 5.25. The van der Waals surface area contributed by atoms with Crippen LogP contribution < -0.4 is 10.6 Å². The number of nitrogens with zero attached hydrogens (tertiary/aromatic N) is 2. The molecule has 0 saturated carbocycles. The molecular weight excluding hydrogens is 348 g/mol. The second kappa shape index (κ2) is 8.86. The summed E-state index contributed by atoms with van der Waals surface area (Å²) in [4.78, 5) is 34.0. The van der Waals surface area contributed by atoms with Crippen molar-refractivity contribution in [3.63, 3.8) is 0 Å². The Morgan fingerprint density at radius 3 is 1.75 bits per heavy atom. The minimum atomic E-state index is -1.05. The van der Waals surface area contributed by atoms with Gasteiger partial charge < -0.3 is 15.7 Å². The lowest BCUT2D eigenvalue weighted by Gasteiger charge is -2.09. The van der Waals surface area contributed by atoms with Crippen LogP contribution in [0, 0.1) is 0 Å². The molecule has 0 radical (unpaired) electrons. The molecule has 0 aliphatic carbocycles. The van der Waals surface area contributed by atoms with Gasteiger partial charge in [0, 0.05) is 22.1 Å². The maximum absolute atomic E-state index is 11.9. The van der Waals surface area contributed by atoms with Crippen molar-refractivity contribution in [1.29, 1.82) is 0 Å². The molecule has 0 unspecified atom stereocenters. The molecule has 2 amide bonds. The Morgan fingerprint density at radius 1 is 1.00 bits per heavy atom. The highest BCUT2D eigenvalue weighted by Crippen LogP contribution is 2.20. The SMILES string of the molecule is CCc1cnc(NC(=O)CC(O)CC(=O)Nc2ncc(CC)s2)s1. The molecule has 2 heterocycles. The van der Waals surface area contributed by atoms with Gasteiger partial charge in [0.05, 0.1) is 18.9 Å². The van der Waals surface area contributed by atoms with Crippen molar-refractivity contribution < 1.29 is 14.7 Å². The molecule has 0 aliphatic rings. The summed E-state index contributed by atoms with van der Waals surface area (Å²) < 4.78 is 0. The van der Waals surface area contributed by atoms with Gasteiger partial charge in [-0.15, -0.1) is 22.7 Å². The number of carbonyl (C=O) groups is 2. The standard InChI is InChI=1S/C15H20N4O3S2/c1-3-10-7-16-14(23-10)18-12(21)5-9(20)6-13(22)19-15-17-8-11(4-2)24-15/h7-9,20H,3-6H2,1-2H3,(H,16,18,21)(H,17,19,22). The van der Waals surface area contributed by atoms with Crippen LogP contribution in [-0.4, -0.2) is 33.0 Å². The zero-order valence-electron chi connectivity index (χ0n) is 13.5. The van der Waals surface area contributed by atoms with Crippen LogP contribution in [0.2, 0.25) is 0 Å². The maximum atomic E-state index is 11.9. The number of aliphatic hydroxyl groups excluding tert-OH is 1. The molecule has 0 bridgehead atoms.